The Hall–Kier alpha value is -1.44. The quantitative estimate of drug-likeness (QED) is 0.536. The van der Waals surface area contributed by atoms with Gasteiger partial charge in [0.15, 0.2) is 6.29 Å². The highest BCUT2D eigenvalue weighted by molar-refractivity contribution is 7.16. The van der Waals surface area contributed by atoms with Gasteiger partial charge in [0.1, 0.15) is 9.75 Å². The molecule has 7 heteroatoms. The zero-order valence-electron chi connectivity index (χ0n) is 6.67. The first-order valence-corrected chi connectivity index (χ1v) is 4.21. The maximum Gasteiger partial charge on any atom is 0.346 e. The van der Waals surface area contributed by atoms with Crippen LogP contribution in [0.2, 0.25) is 0 Å². The van der Waals surface area contributed by atoms with Crippen molar-refractivity contribution in [3.05, 3.63) is 21.4 Å². The highest BCUT2D eigenvalue weighted by Crippen LogP contribution is 2.26. The molecule has 0 saturated heterocycles. The van der Waals surface area contributed by atoms with Crippen LogP contribution < -0.4 is 0 Å². The van der Waals surface area contributed by atoms with E-state index < -0.39 is 18.2 Å². The van der Waals surface area contributed by atoms with Crippen LogP contribution in [0.3, 0.4) is 0 Å². The molecule has 0 unspecified atom stereocenters. The predicted octanol–water partition coefficient (Wildman–Crippen LogP) is 0.128. The molecule has 14 heavy (non-hydrogen) atoms. The number of carboxylic acid groups (broad SMARTS) is 2. The molecule has 1 rings (SSSR count). The molecule has 0 aliphatic carbocycles. The topological polar surface area (TPSA) is 115 Å². The highest BCUT2D eigenvalue weighted by atomic mass is 32.1. The van der Waals surface area contributed by atoms with Gasteiger partial charge in [-0.05, 0) is 6.07 Å². The van der Waals surface area contributed by atoms with Gasteiger partial charge in [-0.2, -0.15) is 0 Å². The lowest BCUT2D eigenvalue weighted by Gasteiger charge is -2.00. The summed E-state index contributed by atoms with van der Waals surface area (Å²) in [6, 6.07) is 0.932. The molecule has 4 N–H and O–H groups in total. The van der Waals surface area contributed by atoms with Crippen molar-refractivity contribution in [1.29, 1.82) is 0 Å². The van der Waals surface area contributed by atoms with Crippen molar-refractivity contribution in [3.8, 4) is 0 Å². The predicted molar refractivity (Wildman–Crippen MR) is 45.4 cm³/mol. The Morgan fingerprint density at radius 1 is 1.21 bits per heavy atom. The van der Waals surface area contributed by atoms with E-state index in [9.17, 15) is 9.59 Å². The lowest BCUT2D eigenvalue weighted by Crippen LogP contribution is -2.02. The minimum absolute atomic E-state index is 0.245. The molecule has 0 fully saturated rings. The van der Waals surface area contributed by atoms with Gasteiger partial charge in [0.2, 0.25) is 0 Å². The van der Waals surface area contributed by atoms with Gasteiger partial charge in [-0.25, -0.2) is 9.59 Å². The average Bonchev–Trinajstić information content (AvgIpc) is 2.47. The summed E-state index contributed by atoms with van der Waals surface area (Å²) in [4.78, 5) is 20.4. The van der Waals surface area contributed by atoms with E-state index in [-0.39, 0.29) is 15.3 Å². The standard InChI is InChI=1S/C7H6O6S/c8-5(9)2-1-3(6(10)11)14-4(2)7(12)13/h1,5,8-9H,(H,10,11)(H,12,13). The third kappa shape index (κ3) is 1.90. The molecule has 0 radical (unpaired) electrons. The molecule has 1 aromatic heterocycles. The highest BCUT2D eigenvalue weighted by Gasteiger charge is 2.22. The van der Waals surface area contributed by atoms with E-state index in [2.05, 4.69) is 0 Å². The van der Waals surface area contributed by atoms with E-state index in [4.69, 9.17) is 20.4 Å². The largest absolute Gasteiger partial charge is 0.477 e. The molecule has 0 atom stereocenters. The fraction of sp³-hybridized carbons (Fsp3) is 0.143. The lowest BCUT2D eigenvalue weighted by atomic mass is 10.2. The molecule has 0 aliphatic rings. The number of aliphatic hydroxyl groups excluding tert-OH is 1. The van der Waals surface area contributed by atoms with Gasteiger partial charge in [-0.15, -0.1) is 11.3 Å². The second kappa shape index (κ2) is 3.74. The minimum Gasteiger partial charge on any atom is -0.477 e. The van der Waals surface area contributed by atoms with Gasteiger partial charge < -0.3 is 20.4 Å². The first-order chi connectivity index (χ1) is 6.43. The Morgan fingerprint density at radius 3 is 2.07 bits per heavy atom. The maximum absolute atomic E-state index is 10.6. The van der Waals surface area contributed by atoms with Crippen molar-refractivity contribution in [2.75, 3.05) is 0 Å². The van der Waals surface area contributed by atoms with E-state index in [1.807, 2.05) is 0 Å². The molecule has 0 bridgehead atoms. The molecule has 0 aliphatic heterocycles. The van der Waals surface area contributed by atoms with Crippen LogP contribution >= 0.6 is 11.3 Å². The van der Waals surface area contributed by atoms with Crippen LogP contribution in [-0.2, 0) is 0 Å². The Balaban J connectivity index is 3.26. The first kappa shape index (κ1) is 10.6. The smallest absolute Gasteiger partial charge is 0.346 e. The number of aliphatic hydroxyl groups is 2. The zero-order chi connectivity index (χ0) is 10.9. The fourth-order valence-corrected chi connectivity index (χ4v) is 1.73. The van der Waals surface area contributed by atoms with Crippen LogP contribution in [0.1, 0.15) is 31.2 Å². The van der Waals surface area contributed by atoms with Crippen LogP contribution in [0.15, 0.2) is 6.07 Å². The Bertz CT molecular complexity index is 380. The van der Waals surface area contributed by atoms with Gasteiger partial charge in [0.05, 0.1) is 0 Å². The van der Waals surface area contributed by atoms with Crippen LogP contribution in [0.4, 0.5) is 0 Å². The summed E-state index contributed by atoms with van der Waals surface area (Å²) in [6.45, 7) is 0. The minimum atomic E-state index is -1.98. The van der Waals surface area contributed by atoms with E-state index in [1.165, 1.54) is 0 Å². The normalized spacial score (nSPS) is 10.5. The molecule has 1 heterocycles. The van der Waals surface area contributed by atoms with Crippen molar-refractivity contribution in [2.45, 2.75) is 6.29 Å². The number of hydrogen-bond acceptors (Lipinski definition) is 5. The van der Waals surface area contributed by atoms with Crippen LogP contribution in [0, 0.1) is 0 Å². The number of carbonyl (C=O) groups is 2. The molecule has 1 aromatic rings. The summed E-state index contributed by atoms with van der Waals surface area (Å²) in [5, 5.41) is 34.7. The number of carboxylic acids is 2. The molecule has 0 saturated carbocycles. The van der Waals surface area contributed by atoms with Crippen LogP contribution in [-0.4, -0.2) is 32.4 Å². The van der Waals surface area contributed by atoms with Crippen LogP contribution in [0.5, 0.6) is 0 Å². The Labute approximate surface area is 81.7 Å². The van der Waals surface area contributed by atoms with Crippen molar-refractivity contribution >= 4 is 23.3 Å². The summed E-state index contributed by atoms with van der Waals surface area (Å²) in [6.07, 6.45) is -1.98. The van der Waals surface area contributed by atoms with E-state index in [0.29, 0.717) is 11.3 Å². The Morgan fingerprint density at radius 2 is 1.79 bits per heavy atom. The average molecular weight is 218 g/mol. The van der Waals surface area contributed by atoms with E-state index >= 15 is 0 Å². The molecular weight excluding hydrogens is 212 g/mol. The lowest BCUT2D eigenvalue weighted by molar-refractivity contribution is -0.0428. The number of hydrogen-bond donors (Lipinski definition) is 4. The summed E-state index contributed by atoms with van der Waals surface area (Å²) < 4.78 is 0. The number of rotatable bonds is 3. The third-order valence-electron chi connectivity index (χ3n) is 1.44. The van der Waals surface area contributed by atoms with E-state index in [1.54, 1.807) is 0 Å². The van der Waals surface area contributed by atoms with Crippen molar-refractivity contribution < 1.29 is 30.0 Å². The van der Waals surface area contributed by atoms with Gasteiger partial charge in [-0.3, -0.25) is 0 Å². The van der Waals surface area contributed by atoms with E-state index in [0.717, 1.165) is 6.07 Å². The molecular formula is C7H6O6S. The molecule has 0 aromatic carbocycles. The third-order valence-corrected chi connectivity index (χ3v) is 2.57. The Kier molecular flexibility index (Phi) is 2.84. The van der Waals surface area contributed by atoms with Crippen LogP contribution in [0.25, 0.3) is 0 Å². The van der Waals surface area contributed by atoms with Gasteiger partial charge >= 0.3 is 11.9 Å². The second-order valence-electron chi connectivity index (χ2n) is 2.38. The summed E-state index contributed by atoms with van der Waals surface area (Å²) in [7, 11) is 0. The number of thiophene rings is 1. The summed E-state index contributed by atoms with van der Waals surface area (Å²) >= 11 is 0.485. The monoisotopic (exact) mass is 218 g/mol. The van der Waals surface area contributed by atoms with Crippen molar-refractivity contribution in [3.63, 3.8) is 0 Å². The number of aromatic carboxylic acids is 2. The second-order valence-corrected chi connectivity index (χ2v) is 3.43. The zero-order valence-corrected chi connectivity index (χ0v) is 7.48. The van der Waals surface area contributed by atoms with Gasteiger partial charge in [0.25, 0.3) is 0 Å². The molecule has 6 nitrogen and oxygen atoms in total. The maximum atomic E-state index is 10.6. The fourth-order valence-electron chi connectivity index (χ4n) is 0.869. The van der Waals surface area contributed by atoms with Gasteiger partial charge in [-0.1, -0.05) is 0 Å². The van der Waals surface area contributed by atoms with Crippen molar-refractivity contribution in [2.24, 2.45) is 0 Å². The summed E-state index contributed by atoms with van der Waals surface area (Å²) in [5.74, 6) is -2.69. The molecule has 0 spiro atoms. The molecule has 76 valence electrons. The van der Waals surface area contributed by atoms with Gasteiger partial charge in [0, 0.05) is 5.56 Å². The first-order valence-electron chi connectivity index (χ1n) is 3.40. The molecule has 0 amide bonds. The summed E-state index contributed by atoms with van der Waals surface area (Å²) in [5.41, 5.74) is -0.306. The van der Waals surface area contributed by atoms with Crippen molar-refractivity contribution in [1.82, 2.24) is 0 Å². The SMILES string of the molecule is O=C(O)c1cc(C(O)O)c(C(=O)O)s1.